The minimum atomic E-state index is -0.868. The number of anilines is 1. The van der Waals surface area contributed by atoms with E-state index in [2.05, 4.69) is 15.6 Å². The zero-order chi connectivity index (χ0) is 26.5. The van der Waals surface area contributed by atoms with Gasteiger partial charge in [-0.25, -0.2) is 13.8 Å². The Labute approximate surface area is 216 Å². The van der Waals surface area contributed by atoms with Crippen molar-refractivity contribution in [2.45, 2.75) is 19.0 Å². The van der Waals surface area contributed by atoms with E-state index < -0.39 is 29.7 Å². The standard InChI is InChI=1S/C25H25ClF2N6O3/c26-20-12-15(27)3-8-19(20)24(36)32-17-4-6-18(7-5-17)34-14-31-21(23(29)35)22(34)25(37)30-9-11-33-10-1-2-16(28)13-33/h3-8,12,14,16H,1-2,9-11,13H2,(H2,29,35)(H,30,37)(H,32,36). The third-order valence-corrected chi connectivity index (χ3v) is 6.27. The molecule has 2 aromatic carbocycles. The van der Waals surface area contributed by atoms with E-state index in [4.69, 9.17) is 17.3 Å². The third-order valence-electron chi connectivity index (χ3n) is 5.96. The van der Waals surface area contributed by atoms with Crippen molar-refractivity contribution < 1.29 is 23.2 Å². The number of hydrogen-bond acceptors (Lipinski definition) is 5. The molecule has 0 bridgehead atoms. The van der Waals surface area contributed by atoms with Crippen molar-refractivity contribution in [2.75, 3.05) is 31.5 Å². The first-order chi connectivity index (χ1) is 17.7. The fourth-order valence-electron chi connectivity index (χ4n) is 4.13. The number of primary amides is 1. The highest BCUT2D eigenvalue weighted by atomic mass is 35.5. The lowest BCUT2D eigenvalue weighted by Gasteiger charge is -2.28. The van der Waals surface area contributed by atoms with Gasteiger partial charge in [0, 0.05) is 31.0 Å². The van der Waals surface area contributed by atoms with Crippen molar-refractivity contribution in [1.29, 1.82) is 0 Å². The van der Waals surface area contributed by atoms with E-state index in [0.717, 1.165) is 25.1 Å². The molecule has 4 rings (SSSR count). The average molecular weight is 531 g/mol. The lowest BCUT2D eigenvalue weighted by molar-refractivity contribution is 0.0916. The molecule has 1 atom stereocenters. The first-order valence-corrected chi connectivity index (χ1v) is 12.0. The Balaban J connectivity index is 1.47. The van der Waals surface area contributed by atoms with Crippen LogP contribution in [0.25, 0.3) is 5.69 Å². The van der Waals surface area contributed by atoms with E-state index in [0.29, 0.717) is 30.9 Å². The van der Waals surface area contributed by atoms with Gasteiger partial charge in [0.2, 0.25) is 0 Å². The molecule has 9 nitrogen and oxygen atoms in total. The van der Waals surface area contributed by atoms with Crippen LogP contribution in [0.3, 0.4) is 0 Å². The number of likely N-dealkylation sites (tertiary alicyclic amines) is 1. The van der Waals surface area contributed by atoms with Gasteiger partial charge in [0.25, 0.3) is 17.7 Å². The zero-order valence-corrected chi connectivity index (χ0v) is 20.5. The van der Waals surface area contributed by atoms with Gasteiger partial charge >= 0.3 is 0 Å². The number of hydrogen-bond donors (Lipinski definition) is 3. The number of nitrogens with zero attached hydrogens (tertiary/aromatic N) is 3. The number of carbonyl (C=O) groups is 3. The number of nitrogens with one attached hydrogen (secondary N) is 2. The predicted molar refractivity (Wildman–Crippen MR) is 134 cm³/mol. The molecule has 37 heavy (non-hydrogen) atoms. The van der Waals surface area contributed by atoms with Crippen LogP contribution in [0.1, 0.15) is 44.2 Å². The Hall–Kier alpha value is -3.83. The monoisotopic (exact) mass is 530 g/mol. The van der Waals surface area contributed by atoms with Crippen molar-refractivity contribution in [2.24, 2.45) is 5.73 Å². The Morgan fingerprint density at radius 2 is 1.89 bits per heavy atom. The molecule has 3 amide bonds. The van der Waals surface area contributed by atoms with Crippen LogP contribution in [0.4, 0.5) is 14.5 Å². The number of amides is 3. The number of aromatic nitrogens is 2. The first kappa shape index (κ1) is 26.2. The van der Waals surface area contributed by atoms with E-state index in [1.54, 1.807) is 24.3 Å². The molecule has 1 aliphatic rings. The number of halogens is 3. The van der Waals surface area contributed by atoms with Gasteiger partial charge in [-0.15, -0.1) is 0 Å². The summed E-state index contributed by atoms with van der Waals surface area (Å²) in [5.41, 5.74) is 6.22. The number of alkyl halides is 1. The van der Waals surface area contributed by atoms with Crippen LogP contribution in [0, 0.1) is 5.82 Å². The quantitative estimate of drug-likeness (QED) is 0.413. The molecule has 0 saturated carbocycles. The maximum absolute atomic E-state index is 13.6. The van der Waals surface area contributed by atoms with Gasteiger partial charge < -0.3 is 16.4 Å². The minimum Gasteiger partial charge on any atom is -0.364 e. The fraction of sp³-hybridized carbons (Fsp3) is 0.280. The molecule has 3 aromatic rings. The van der Waals surface area contributed by atoms with Crippen molar-refractivity contribution >= 4 is 35.0 Å². The summed E-state index contributed by atoms with van der Waals surface area (Å²) in [6, 6.07) is 9.85. The topological polar surface area (TPSA) is 122 Å². The molecule has 1 fully saturated rings. The second-order valence-electron chi connectivity index (χ2n) is 8.60. The molecule has 194 valence electrons. The average Bonchev–Trinajstić information content (AvgIpc) is 3.30. The number of benzene rings is 2. The Morgan fingerprint density at radius 3 is 2.57 bits per heavy atom. The summed E-state index contributed by atoms with van der Waals surface area (Å²) in [6.45, 7) is 1.82. The van der Waals surface area contributed by atoms with Crippen molar-refractivity contribution in [3.05, 3.63) is 76.6 Å². The van der Waals surface area contributed by atoms with Gasteiger partial charge in [0.15, 0.2) is 5.69 Å². The van der Waals surface area contributed by atoms with Gasteiger partial charge in [0.1, 0.15) is 24.0 Å². The van der Waals surface area contributed by atoms with Crippen molar-refractivity contribution in [3.63, 3.8) is 0 Å². The number of rotatable bonds is 8. The molecule has 2 heterocycles. The minimum absolute atomic E-state index is 0.0213. The number of imidazole rings is 1. The van der Waals surface area contributed by atoms with E-state index >= 15 is 0 Å². The van der Waals surface area contributed by atoms with E-state index in [1.165, 1.54) is 17.0 Å². The van der Waals surface area contributed by atoms with Crippen molar-refractivity contribution in [1.82, 2.24) is 19.8 Å². The van der Waals surface area contributed by atoms with Crippen LogP contribution in [0.15, 0.2) is 48.8 Å². The number of nitrogens with two attached hydrogens (primary N) is 1. The van der Waals surface area contributed by atoms with E-state index in [9.17, 15) is 23.2 Å². The van der Waals surface area contributed by atoms with Crippen LogP contribution < -0.4 is 16.4 Å². The predicted octanol–water partition coefficient (Wildman–Crippen LogP) is 3.18. The summed E-state index contributed by atoms with van der Waals surface area (Å²) in [4.78, 5) is 43.3. The Kier molecular flexibility index (Phi) is 8.14. The summed E-state index contributed by atoms with van der Waals surface area (Å²) < 4.78 is 28.3. The molecule has 1 aliphatic heterocycles. The Bertz CT molecular complexity index is 1310. The Morgan fingerprint density at radius 1 is 1.14 bits per heavy atom. The maximum Gasteiger partial charge on any atom is 0.270 e. The van der Waals surface area contributed by atoms with Crippen molar-refractivity contribution in [3.8, 4) is 5.69 Å². The number of carbonyl (C=O) groups excluding carboxylic acids is 3. The summed E-state index contributed by atoms with van der Waals surface area (Å²) in [7, 11) is 0. The summed E-state index contributed by atoms with van der Waals surface area (Å²) in [6.07, 6.45) is 1.75. The van der Waals surface area contributed by atoms with Crippen LogP contribution in [0.2, 0.25) is 5.02 Å². The molecule has 0 spiro atoms. The van der Waals surface area contributed by atoms with Gasteiger partial charge in [-0.2, -0.15) is 0 Å². The lowest BCUT2D eigenvalue weighted by Crippen LogP contribution is -2.41. The number of piperidine rings is 1. The maximum atomic E-state index is 13.6. The molecule has 0 aliphatic carbocycles. The molecule has 0 radical (unpaired) electrons. The molecule has 1 saturated heterocycles. The second kappa shape index (κ2) is 11.5. The fourth-order valence-corrected chi connectivity index (χ4v) is 4.39. The van der Waals surface area contributed by atoms with Crippen LogP contribution in [-0.2, 0) is 0 Å². The highest BCUT2D eigenvalue weighted by Gasteiger charge is 2.24. The SMILES string of the molecule is NC(=O)c1ncn(-c2ccc(NC(=O)c3ccc(F)cc3Cl)cc2)c1C(=O)NCCN1CCCC(F)C1. The summed E-state index contributed by atoms with van der Waals surface area (Å²) in [5, 5.41) is 5.39. The molecular formula is C25H25ClF2N6O3. The van der Waals surface area contributed by atoms with Gasteiger partial charge in [-0.3, -0.25) is 23.9 Å². The van der Waals surface area contributed by atoms with Gasteiger partial charge in [-0.05, 0) is 61.9 Å². The van der Waals surface area contributed by atoms with Gasteiger partial charge in [-0.1, -0.05) is 11.6 Å². The van der Waals surface area contributed by atoms with Crippen LogP contribution in [0.5, 0.6) is 0 Å². The molecule has 12 heteroatoms. The molecule has 4 N–H and O–H groups in total. The highest BCUT2D eigenvalue weighted by molar-refractivity contribution is 6.34. The normalized spacial score (nSPS) is 15.8. The molecule has 1 aromatic heterocycles. The smallest absolute Gasteiger partial charge is 0.270 e. The van der Waals surface area contributed by atoms with E-state index in [1.807, 2.05) is 4.90 Å². The third kappa shape index (κ3) is 6.30. The molecule has 1 unspecified atom stereocenters. The van der Waals surface area contributed by atoms with Gasteiger partial charge in [0.05, 0.1) is 10.6 Å². The van der Waals surface area contributed by atoms with Crippen LogP contribution in [-0.4, -0.2) is 64.5 Å². The first-order valence-electron chi connectivity index (χ1n) is 11.6. The molecular weight excluding hydrogens is 506 g/mol. The lowest BCUT2D eigenvalue weighted by atomic mass is 10.1. The van der Waals surface area contributed by atoms with E-state index in [-0.39, 0.29) is 28.5 Å². The highest BCUT2D eigenvalue weighted by Crippen LogP contribution is 2.21. The van der Waals surface area contributed by atoms with Crippen LogP contribution >= 0.6 is 11.6 Å². The second-order valence-corrected chi connectivity index (χ2v) is 9.00. The zero-order valence-electron chi connectivity index (χ0n) is 19.7. The summed E-state index contributed by atoms with van der Waals surface area (Å²) in [5.74, 6) is -2.49. The largest absolute Gasteiger partial charge is 0.364 e. The summed E-state index contributed by atoms with van der Waals surface area (Å²) >= 11 is 5.95.